The Bertz CT molecular complexity index is 792. The Balaban J connectivity index is 2.48. The zero-order chi connectivity index (χ0) is 15.8. The lowest BCUT2D eigenvalue weighted by atomic mass is 10.3. The summed E-state index contributed by atoms with van der Waals surface area (Å²) in [4.78, 5) is -0.351. The van der Waals surface area contributed by atoms with Crippen molar-refractivity contribution in [1.82, 2.24) is 0 Å². The largest absolute Gasteiger partial charge is 0.398 e. The molecule has 0 heterocycles. The van der Waals surface area contributed by atoms with E-state index in [1.807, 2.05) is 0 Å². The topological polar surface area (TPSA) is 72.2 Å². The van der Waals surface area contributed by atoms with Crippen molar-refractivity contribution in [2.45, 2.75) is 4.90 Å². The van der Waals surface area contributed by atoms with E-state index in [4.69, 9.17) is 28.9 Å². The summed E-state index contributed by atoms with van der Waals surface area (Å²) in [5.74, 6) is -0.739. The number of nitrogens with two attached hydrogens (primary N) is 1. The molecule has 0 radical (unpaired) electrons. The number of hydrogen-bond donors (Lipinski definition) is 2. The Labute approximate surface area is 139 Å². The minimum absolute atomic E-state index is 0.127. The molecule has 0 aliphatic carbocycles. The zero-order valence-corrected chi connectivity index (χ0v) is 14.1. The lowest BCUT2D eigenvalue weighted by Crippen LogP contribution is -2.16. The summed E-state index contributed by atoms with van der Waals surface area (Å²) < 4.78 is 40.9. The second-order valence-electron chi connectivity index (χ2n) is 4.04. The molecule has 112 valence electrons. The van der Waals surface area contributed by atoms with E-state index in [9.17, 15) is 12.8 Å². The van der Waals surface area contributed by atoms with Crippen molar-refractivity contribution in [3.63, 3.8) is 0 Å². The molecule has 9 heteroatoms. The molecule has 2 rings (SSSR count). The fourth-order valence-electron chi connectivity index (χ4n) is 1.63. The van der Waals surface area contributed by atoms with Gasteiger partial charge in [0.25, 0.3) is 10.0 Å². The second-order valence-corrected chi connectivity index (χ2v) is 7.41. The van der Waals surface area contributed by atoms with Crippen molar-refractivity contribution in [3.8, 4) is 0 Å². The molecule has 21 heavy (non-hydrogen) atoms. The predicted octanol–water partition coefficient (Wildman–Crippen LogP) is 4.28. The first-order valence-corrected chi connectivity index (χ1v) is 8.46. The maximum absolute atomic E-state index is 13.7. The summed E-state index contributed by atoms with van der Waals surface area (Å²) in [6.45, 7) is 0. The molecule has 0 fully saturated rings. The molecule has 0 bridgehead atoms. The predicted molar refractivity (Wildman–Crippen MR) is 85.8 cm³/mol. The number of sulfonamides is 1. The maximum atomic E-state index is 13.7. The number of nitrogen functional groups attached to an aromatic ring is 1. The lowest BCUT2D eigenvalue weighted by Gasteiger charge is -2.12. The van der Waals surface area contributed by atoms with E-state index >= 15 is 0 Å². The fraction of sp³-hybridized carbons (Fsp3) is 0. The first-order chi connectivity index (χ1) is 9.70. The summed E-state index contributed by atoms with van der Waals surface area (Å²) in [7, 11) is -4.15. The van der Waals surface area contributed by atoms with Gasteiger partial charge in [0.15, 0.2) is 0 Å². The fourth-order valence-corrected chi connectivity index (χ4v) is 4.02. The molecule has 0 unspecified atom stereocenters. The molecule has 2 aromatic carbocycles. The standard InChI is InChI=1S/C12H8BrCl2FN2O2S/c13-6-1-2-11(9(16)3-6)18-21(19,20)12-8(15)4-7(14)5-10(12)17/h1-5,18H,17H2. The van der Waals surface area contributed by atoms with E-state index in [1.54, 1.807) is 0 Å². The molecular formula is C12H8BrCl2FN2O2S. The smallest absolute Gasteiger partial charge is 0.265 e. The van der Waals surface area contributed by atoms with Crippen molar-refractivity contribution in [3.05, 3.63) is 50.7 Å². The number of rotatable bonds is 3. The van der Waals surface area contributed by atoms with E-state index in [1.165, 1.54) is 24.3 Å². The minimum atomic E-state index is -4.15. The van der Waals surface area contributed by atoms with Gasteiger partial charge >= 0.3 is 0 Å². The Kier molecular flexibility index (Phi) is 4.67. The van der Waals surface area contributed by atoms with Crippen LogP contribution in [-0.2, 0) is 10.0 Å². The van der Waals surface area contributed by atoms with Crippen LogP contribution < -0.4 is 10.5 Å². The van der Waals surface area contributed by atoms with Crippen LogP contribution in [0, 0.1) is 5.82 Å². The summed E-state index contributed by atoms with van der Waals surface area (Å²) in [6, 6.07) is 6.39. The van der Waals surface area contributed by atoms with E-state index < -0.39 is 15.8 Å². The van der Waals surface area contributed by atoms with Gasteiger partial charge in [0.1, 0.15) is 10.7 Å². The molecule has 2 aromatic rings. The highest BCUT2D eigenvalue weighted by molar-refractivity contribution is 9.10. The van der Waals surface area contributed by atoms with Gasteiger partial charge in [-0.1, -0.05) is 39.1 Å². The Hall–Kier alpha value is -1.02. The van der Waals surface area contributed by atoms with E-state index in [0.29, 0.717) is 4.47 Å². The molecule has 0 aliphatic rings. The summed E-state index contributed by atoms with van der Waals surface area (Å²) in [5.41, 5.74) is 5.29. The van der Waals surface area contributed by atoms with Gasteiger partial charge in [0, 0.05) is 9.50 Å². The van der Waals surface area contributed by atoms with Gasteiger partial charge in [-0.3, -0.25) is 4.72 Å². The van der Waals surface area contributed by atoms with Gasteiger partial charge in [0.05, 0.1) is 16.4 Å². The maximum Gasteiger partial charge on any atom is 0.265 e. The molecule has 0 amide bonds. The van der Waals surface area contributed by atoms with Crippen LogP contribution in [0.25, 0.3) is 0 Å². The molecule has 0 atom stereocenters. The Morgan fingerprint density at radius 2 is 1.86 bits per heavy atom. The van der Waals surface area contributed by atoms with Crippen LogP contribution in [-0.4, -0.2) is 8.42 Å². The molecule has 3 N–H and O–H groups in total. The number of anilines is 2. The van der Waals surface area contributed by atoms with Crippen molar-refractivity contribution < 1.29 is 12.8 Å². The summed E-state index contributed by atoms with van der Waals surface area (Å²) in [6.07, 6.45) is 0. The van der Waals surface area contributed by atoms with E-state index in [0.717, 1.165) is 6.07 Å². The molecular weight excluding hydrogens is 406 g/mol. The highest BCUT2D eigenvalue weighted by Crippen LogP contribution is 2.33. The zero-order valence-electron chi connectivity index (χ0n) is 10.2. The minimum Gasteiger partial charge on any atom is -0.398 e. The number of hydrogen-bond acceptors (Lipinski definition) is 3. The molecule has 0 saturated carbocycles. The third-order valence-electron chi connectivity index (χ3n) is 2.48. The van der Waals surface area contributed by atoms with Crippen LogP contribution in [0.4, 0.5) is 15.8 Å². The van der Waals surface area contributed by atoms with Crippen molar-refractivity contribution in [2.24, 2.45) is 0 Å². The van der Waals surface area contributed by atoms with E-state index in [-0.39, 0.29) is 26.3 Å². The van der Waals surface area contributed by atoms with Gasteiger partial charge in [-0.25, -0.2) is 12.8 Å². The molecule has 0 spiro atoms. The highest BCUT2D eigenvalue weighted by Gasteiger charge is 2.23. The average Bonchev–Trinajstić information content (AvgIpc) is 2.30. The van der Waals surface area contributed by atoms with Crippen molar-refractivity contribution in [1.29, 1.82) is 0 Å². The van der Waals surface area contributed by atoms with Gasteiger partial charge in [-0.05, 0) is 30.3 Å². The summed E-state index contributed by atoms with van der Waals surface area (Å²) >= 11 is 14.7. The Morgan fingerprint density at radius 3 is 2.43 bits per heavy atom. The van der Waals surface area contributed by atoms with Gasteiger partial charge < -0.3 is 5.73 Å². The highest BCUT2D eigenvalue weighted by atomic mass is 79.9. The average molecular weight is 414 g/mol. The monoisotopic (exact) mass is 412 g/mol. The van der Waals surface area contributed by atoms with Crippen LogP contribution >= 0.6 is 39.1 Å². The van der Waals surface area contributed by atoms with Gasteiger partial charge in [-0.2, -0.15) is 0 Å². The van der Waals surface area contributed by atoms with Crippen molar-refractivity contribution in [2.75, 3.05) is 10.5 Å². The quantitative estimate of drug-likeness (QED) is 0.737. The third kappa shape index (κ3) is 3.60. The molecule has 0 saturated heterocycles. The molecule has 4 nitrogen and oxygen atoms in total. The normalized spacial score (nSPS) is 11.4. The number of halogens is 4. The van der Waals surface area contributed by atoms with Crippen LogP contribution in [0.2, 0.25) is 10.0 Å². The third-order valence-corrected chi connectivity index (χ3v) is 5.08. The Morgan fingerprint density at radius 1 is 1.19 bits per heavy atom. The SMILES string of the molecule is Nc1cc(Cl)cc(Cl)c1S(=O)(=O)Nc1ccc(Br)cc1F. The lowest BCUT2D eigenvalue weighted by molar-refractivity contribution is 0.599. The van der Waals surface area contributed by atoms with Gasteiger partial charge in [0.2, 0.25) is 0 Å². The van der Waals surface area contributed by atoms with Crippen molar-refractivity contribution >= 4 is 60.5 Å². The first kappa shape index (κ1) is 16.4. The van der Waals surface area contributed by atoms with Crippen LogP contribution in [0.3, 0.4) is 0 Å². The van der Waals surface area contributed by atoms with E-state index in [2.05, 4.69) is 20.7 Å². The second kappa shape index (κ2) is 6.00. The number of nitrogens with one attached hydrogen (secondary N) is 1. The molecule has 0 aromatic heterocycles. The van der Waals surface area contributed by atoms with Crippen LogP contribution in [0.1, 0.15) is 0 Å². The first-order valence-electron chi connectivity index (χ1n) is 5.43. The van der Waals surface area contributed by atoms with Crippen LogP contribution in [0.5, 0.6) is 0 Å². The summed E-state index contributed by atoms with van der Waals surface area (Å²) in [5, 5.41) is 0.0521. The van der Waals surface area contributed by atoms with Gasteiger partial charge in [-0.15, -0.1) is 0 Å². The van der Waals surface area contributed by atoms with Crippen LogP contribution in [0.15, 0.2) is 39.7 Å². The number of benzene rings is 2. The molecule has 0 aliphatic heterocycles.